The summed E-state index contributed by atoms with van der Waals surface area (Å²) in [6, 6.07) is 8.56. The number of carbonyl (C=O) groups excluding carboxylic acids is 1. The van der Waals surface area contributed by atoms with Crippen molar-refractivity contribution in [1.82, 2.24) is 0 Å². The maximum atomic E-state index is 11.6. The second-order valence-corrected chi connectivity index (χ2v) is 3.90. The van der Waals surface area contributed by atoms with Crippen molar-refractivity contribution in [2.24, 2.45) is 0 Å². The molecule has 92 valence electrons. The Balaban J connectivity index is 1.85. The molecule has 0 spiro atoms. The zero-order valence-corrected chi connectivity index (χ0v) is 9.15. The van der Waals surface area contributed by atoms with Crippen molar-refractivity contribution in [1.29, 1.82) is 0 Å². The summed E-state index contributed by atoms with van der Waals surface area (Å²) in [5, 5.41) is 18.6. The Bertz CT molecular complexity index is 378. The summed E-state index contributed by atoms with van der Waals surface area (Å²) < 4.78 is 9.98. The Morgan fingerprint density at radius 3 is 2.65 bits per heavy atom. The normalized spacial score (nSPS) is 28.0. The Morgan fingerprint density at radius 2 is 2.06 bits per heavy atom. The molecule has 1 heterocycles. The van der Waals surface area contributed by atoms with Gasteiger partial charge in [-0.15, -0.1) is 0 Å². The van der Waals surface area contributed by atoms with E-state index >= 15 is 0 Å². The molecule has 0 radical (unpaired) electrons. The molecule has 1 aromatic carbocycles. The van der Waals surface area contributed by atoms with Crippen LogP contribution in [0.5, 0.6) is 0 Å². The highest BCUT2D eigenvalue weighted by molar-refractivity contribution is 5.89. The number of hydrogen-bond donors (Lipinski definition) is 2. The number of aliphatic hydroxyl groups excluding tert-OH is 2. The fourth-order valence-electron chi connectivity index (χ4n) is 1.67. The van der Waals surface area contributed by atoms with E-state index in [4.69, 9.17) is 14.6 Å². The van der Waals surface area contributed by atoms with Crippen molar-refractivity contribution in [2.75, 3.05) is 6.61 Å². The third kappa shape index (κ3) is 3.03. The van der Waals surface area contributed by atoms with Crippen LogP contribution < -0.4 is 0 Å². The van der Waals surface area contributed by atoms with E-state index in [1.54, 1.807) is 30.3 Å². The Hall–Kier alpha value is -1.43. The van der Waals surface area contributed by atoms with Crippen LogP contribution in [0, 0.1) is 0 Å². The molecule has 1 aliphatic heterocycles. The predicted molar refractivity (Wildman–Crippen MR) is 58.2 cm³/mol. The van der Waals surface area contributed by atoms with Gasteiger partial charge in [0.2, 0.25) is 0 Å². The predicted octanol–water partition coefficient (Wildman–Crippen LogP) is 0.312. The lowest BCUT2D eigenvalue weighted by Gasteiger charge is -2.13. The molecule has 0 aromatic heterocycles. The first-order valence-corrected chi connectivity index (χ1v) is 5.40. The van der Waals surface area contributed by atoms with Crippen LogP contribution in [0.1, 0.15) is 16.8 Å². The Kier molecular flexibility index (Phi) is 3.73. The van der Waals surface area contributed by atoms with Crippen LogP contribution in [-0.2, 0) is 9.47 Å². The first-order chi connectivity index (χ1) is 8.16. The van der Waals surface area contributed by atoms with Gasteiger partial charge in [-0.1, -0.05) is 18.2 Å². The molecule has 2 rings (SSSR count). The van der Waals surface area contributed by atoms with E-state index in [1.165, 1.54) is 0 Å². The summed E-state index contributed by atoms with van der Waals surface area (Å²) in [4.78, 5) is 11.6. The lowest BCUT2D eigenvalue weighted by molar-refractivity contribution is -0.109. The van der Waals surface area contributed by atoms with Crippen LogP contribution in [0.15, 0.2) is 30.3 Å². The minimum Gasteiger partial charge on any atom is -0.459 e. The number of benzene rings is 1. The molecule has 1 unspecified atom stereocenters. The molecule has 17 heavy (non-hydrogen) atoms. The van der Waals surface area contributed by atoms with Gasteiger partial charge in [-0.2, -0.15) is 0 Å². The molecule has 0 bridgehead atoms. The second-order valence-electron chi connectivity index (χ2n) is 3.90. The molecule has 0 aliphatic carbocycles. The third-order valence-electron chi connectivity index (χ3n) is 2.59. The highest BCUT2D eigenvalue weighted by Gasteiger charge is 2.33. The average Bonchev–Trinajstić information content (AvgIpc) is 2.66. The summed E-state index contributed by atoms with van der Waals surface area (Å²) in [5.41, 5.74) is 0.445. The maximum absolute atomic E-state index is 11.6. The molecule has 0 saturated carbocycles. The van der Waals surface area contributed by atoms with Crippen LogP contribution in [0.3, 0.4) is 0 Å². The lowest BCUT2D eigenvalue weighted by atomic mass is 10.2. The van der Waals surface area contributed by atoms with Gasteiger partial charge in [-0.25, -0.2) is 4.79 Å². The minimum atomic E-state index is -0.981. The Morgan fingerprint density at radius 1 is 1.35 bits per heavy atom. The van der Waals surface area contributed by atoms with Crippen molar-refractivity contribution < 1.29 is 24.5 Å². The van der Waals surface area contributed by atoms with Gasteiger partial charge in [-0.3, -0.25) is 0 Å². The van der Waals surface area contributed by atoms with E-state index in [1.807, 2.05) is 0 Å². The molecule has 1 fully saturated rings. The quantitative estimate of drug-likeness (QED) is 0.741. The fourth-order valence-corrected chi connectivity index (χ4v) is 1.67. The highest BCUT2D eigenvalue weighted by atomic mass is 16.6. The molecule has 1 aliphatic rings. The summed E-state index contributed by atoms with van der Waals surface area (Å²) in [6.45, 7) is -0.0635. The molecule has 2 N–H and O–H groups in total. The summed E-state index contributed by atoms with van der Waals surface area (Å²) in [6.07, 6.45) is -2.29. The van der Waals surface area contributed by atoms with Crippen molar-refractivity contribution in [3.63, 3.8) is 0 Å². The van der Waals surface area contributed by atoms with Gasteiger partial charge >= 0.3 is 5.97 Å². The van der Waals surface area contributed by atoms with Gasteiger partial charge in [0.25, 0.3) is 0 Å². The number of carbonyl (C=O) groups is 1. The number of esters is 1. The van der Waals surface area contributed by atoms with Crippen LogP contribution in [0.4, 0.5) is 0 Å². The van der Waals surface area contributed by atoms with E-state index in [2.05, 4.69) is 0 Å². The zero-order valence-electron chi connectivity index (χ0n) is 9.15. The van der Waals surface area contributed by atoms with E-state index in [9.17, 15) is 9.90 Å². The zero-order chi connectivity index (χ0) is 12.3. The molecular weight excluding hydrogens is 224 g/mol. The summed E-state index contributed by atoms with van der Waals surface area (Å²) in [7, 11) is 0. The Labute approximate surface area is 98.6 Å². The van der Waals surface area contributed by atoms with Gasteiger partial charge in [0.1, 0.15) is 12.7 Å². The number of hydrogen-bond acceptors (Lipinski definition) is 5. The number of aliphatic hydroxyl groups is 2. The fraction of sp³-hybridized carbons (Fsp3) is 0.417. The van der Waals surface area contributed by atoms with Crippen LogP contribution in [-0.4, -0.2) is 41.3 Å². The first kappa shape index (κ1) is 12.0. The first-order valence-electron chi connectivity index (χ1n) is 5.40. The SMILES string of the molecule is O=C(OC[C@H]1OC(O)C[C@H]1O)c1ccccc1. The van der Waals surface area contributed by atoms with E-state index in [0.717, 1.165) is 0 Å². The molecule has 1 aromatic rings. The standard InChI is InChI=1S/C12H14O5/c13-9-6-11(14)17-10(9)7-16-12(15)8-4-2-1-3-5-8/h1-5,9-11,13-14H,6-7H2/t9-,10-,11?/m1/s1. The van der Waals surface area contributed by atoms with Gasteiger partial charge in [0.05, 0.1) is 11.7 Å². The van der Waals surface area contributed by atoms with E-state index < -0.39 is 24.5 Å². The van der Waals surface area contributed by atoms with E-state index in [-0.39, 0.29) is 13.0 Å². The third-order valence-corrected chi connectivity index (χ3v) is 2.59. The van der Waals surface area contributed by atoms with Crippen molar-refractivity contribution in [3.05, 3.63) is 35.9 Å². The topological polar surface area (TPSA) is 76.0 Å². The number of rotatable bonds is 3. The highest BCUT2D eigenvalue weighted by Crippen LogP contribution is 2.19. The largest absolute Gasteiger partial charge is 0.459 e. The van der Waals surface area contributed by atoms with Crippen molar-refractivity contribution in [2.45, 2.75) is 24.9 Å². The molecule has 5 heteroatoms. The van der Waals surface area contributed by atoms with Gasteiger partial charge in [0, 0.05) is 6.42 Å². The van der Waals surface area contributed by atoms with Gasteiger partial charge in [0.15, 0.2) is 6.29 Å². The second kappa shape index (κ2) is 5.27. The smallest absolute Gasteiger partial charge is 0.338 e. The average molecular weight is 238 g/mol. The van der Waals surface area contributed by atoms with E-state index in [0.29, 0.717) is 5.56 Å². The number of ether oxygens (including phenoxy) is 2. The van der Waals surface area contributed by atoms with Crippen LogP contribution >= 0.6 is 0 Å². The monoisotopic (exact) mass is 238 g/mol. The minimum absolute atomic E-state index is 0.0635. The van der Waals surface area contributed by atoms with Crippen LogP contribution in [0.2, 0.25) is 0 Å². The van der Waals surface area contributed by atoms with Crippen LogP contribution in [0.25, 0.3) is 0 Å². The van der Waals surface area contributed by atoms with Gasteiger partial charge in [-0.05, 0) is 12.1 Å². The van der Waals surface area contributed by atoms with Crippen molar-refractivity contribution in [3.8, 4) is 0 Å². The lowest BCUT2D eigenvalue weighted by Crippen LogP contribution is -2.28. The maximum Gasteiger partial charge on any atom is 0.338 e. The van der Waals surface area contributed by atoms with Crippen molar-refractivity contribution >= 4 is 5.97 Å². The molecule has 1 saturated heterocycles. The molecule has 0 amide bonds. The molecular formula is C12H14O5. The summed E-state index contributed by atoms with van der Waals surface area (Å²) in [5.74, 6) is -0.470. The summed E-state index contributed by atoms with van der Waals surface area (Å²) >= 11 is 0. The molecule has 5 nitrogen and oxygen atoms in total. The molecule has 3 atom stereocenters. The van der Waals surface area contributed by atoms with Gasteiger partial charge < -0.3 is 19.7 Å².